The lowest BCUT2D eigenvalue weighted by molar-refractivity contribution is -0.143. The molecule has 0 aromatic rings. The second-order valence-electron chi connectivity index (χ2n) is 5.15. The van der Waals surface area contributed by atoms with E-state index in [1.165, 1.54) is 19.3 Å². The highest BCUT2D eigenvalue weighted by molar-refractivity contribution is 5.81. The van der Waals surface area contributed by atoms with Gasteiger partial charge in [-0.1, -0.05) is 19.3 Å². The maximum Gasteiger partial charge on any atom is 0.251 e. The van der Waals surface area contributed by atoms with Gasteiger partial charge >= 0.3 is 0 Å². The highest BCUT2D eigenvalue weighted by Crippen LogP contribution is 2.22. The third-order valence-electron chi connectivity index (χ3n) is 3.81. The van der Waals surface area contributed by atoms with Crippen molar-refractivity contribution in [2.75, 3.05) is 19.6 Å². The summed E-state index contributed by atoms with van der Waals surface area (Å²) < 4.78 is 5.68. The molecule has 2 fully saturated rings. The van der Waals surface area contributed by atoms with Crippen LogP contribution in [0.5, 0.6) is 0 Å². The van der Waals surface area contributed by atoms with E-state index in [1.807, 2.05) is 4.90 Å². The van der Waals surface area contributed by atoms with Crippen LogP contribution < -0.4 is 5.73 Å². The van der Waals surface area contributed by atoms with Gasteiger partial charge in [-0.3, -0.25) is 4.79 Å². The van der Waals surface area contributed by atoms with Crippen molar-refractivity contribution in [2.45, 2.75) is 57.2 Å². The first-order valence-electron chi connectivity index (χ1n) is 6.95. The summed E-state index contributed by atoms with van der Waals surface area (Å²) in [4.78, 5) is 14.3. The Bertz CT molecular complexity index is 250. The molecule has 0 aromatic heterocycles. The lowest BCUT2D eigenvalue weighted by atomic mass is 10.1. The fraction of sp³-hybridized carbons (Fsp3) is 0.923. The maximum absolute atomic E-state index is 12.3. The van der Waals surface area contributed by atoms with E-state index in [1.54, 1.807) is 0 Å². The highest BCUT2D eigenvalue weighted by atomic mass is 16.5. The molecule has 17 heavy (non-hydrogen) atoms. The minimum Gasteiger partial charge on any atom is -0.364 e. The predicted octanol–water partition coefficient (Wildman–Crippen LogP) is 1.29. The summed E-state index contributed by atoms with van der Waals surface area (Å²) in [6, 6.07) is 0. The number of hydrogen-bond donors (Lipinski definition) is 1. The van der Waals surface area contributed by atoms with Gasteiger partial charge in [-0.15, -0.1) is 0 Å². The SMILES string of the molecule is NCC1CCC(C(=O)N2CCCCCCC2)O1. The first-order valence-corrected chi connectivity index (χ1v) is 6.95. The minimum absolute atomic E-state index is 0.0960. The van der Waals surface area contributed by atoms with Crippen LogP contribution in [0.4, 0.5) is 0 Å². The van der Waals surface area contributed by atoms with E-state index in [0.717, 1.165) is 38.8 Å². The molecule has 2 aliphatic heterocycles. The Morgan fingerprint density at radius 3 is 2.35 bits per heavy atom. The maximum atomic E-state index is 12.3. The van der Waals surface area contributed by atoms with E-state index in [-0.39, 0.29) is 18.1 Å². The van der Waals surface area contributed by atoms with Crippen LogP contribution in [0.25, 0.3) is 0 Å². The predicted molar refractivity (Wildman–Crippen MR) is 66.6 cm³/mol. The van der Waals surface area contributed by atoms with Crippen molar-refractivity contribution in [3.63, 3.8) is 0 Å². The standard InChI is InChI=1S/C13H24N2O2/c14-10-11-6-7-12(17-11)13(16)15-8-4-2-1-3-5-9-15/h11-12H,1-10,14H2. The van der Waals surface area contributed by atoms with Gasteiger partial charge in [0.05, 0.1) is 6.10 Å². The number of nitrogens with two attached hydrogens (primary N) is 1. The van der Waals surface area contributed by atoms with E-state index in [9.17, 15) is 4.79 Å². The molecule has 2 N–H and O–H groups in total. The van der Waals surface area contributed by atoms with Gasteiger partial charge in [0, 0.05) is 19.6 Å². The Balaban J connectivity index is 1.85. The van der Waals surface area contributed by atoms with Crippen molar-refractivity contribution in [1.82, 2.24) is 4.90 Å². The molecular formula is C13H24N2O2. The molecule has 2 atom stereocenters. The van der Waals surface area contributed by atoms with Crippen molar-refractivity contribution < 1.29 is 9.53 Å². The van der Waals surface area contributed by atoms with Crippen molar-refractivity contribution in [1.29, 1.82) is 0 Å². The number of nitrogens with zero attached hydrogens (tertiary/aromatic N) is 1. The van der Waals surface area contributed by atoms with Crippen molar-refractivity contribution >= 4 is 5.91 Å². The Kier molecular flexibility index (Phi) is 4.80. The summed E-state index contributed by atoms with van der Waals surface area (Å²) >= 11 is 0. The average molecular weight is 240 g/mol. The number of ether oxygens (including phenoxy) is 1. The van der Waals surface area contributed by atoms with E-state index in [2.05, 4.69) is 0 Å². The van der Waals surface area contributed by atoms with Crippen molar-refractivity contribution in [2.24, 2.45) is 5.73 Å². The molecule has 2 rings (SSSR count). The van der Waals surface area contributed by atoms with E-state index in [0.29, 0.717) is 6.54 Å². The van der Waals surface area contributed by atoms with Crippen molar-refractivity contribution in [3.05, 3.63) is 0 Å². The van der Waals surface area contributed by atoms with E-state index < -0.39 is 0 Å². The number of amides is 1. The minimum atomic E-state index is -0.219. The molecule has 0 radical (unpaired) electrons. The van der Waals surface area contributed by atoms with Gasteiger partial charge in [0.2, 0.25) is 0 Å². The monoisotopic (exact) mass is 240 g/mol. The summed E-state index contributed by atoms with van der Waals surface area (Å²) in [6.07, 6.45) is 7.75. The molecule has 98 valence electrons. The molecule has 2 aliphatic rings. The normalized spacial score (nSPS) is 31.0. The largest absolute Gasteiger partial charge is 0.364 e. The molecular weight excluding hydrogens is 216 g/mol. The lowest BCUT2D eigenvalue weighted by Crippen LogP contribution is -2.41. The molecule has 2 saturated heterocycles. The summed E-state index contributed by atoms with van der Waals surface area (Å²) in [5.41, 5.74) is 5.57. The summed E-state index contributed by atoms with van der Waals surface area (Å²) in [5, 5.41) is 0. The molecule has 0 spiro atoms. The fourth-order valence-electron chi connectivity index (χ4n) is 2.73. The van der Waals surface area contributed by atoms with E-state index in [4.69, 9.17) is 10.5 Å². The molecule has 1 amide bonds. The van der Waals surface area contributed by atoms with Gasteiger partial charge < -0.3 is 15.4 Å². The van der Waals surface area contributed by atoms with Gasteiger partial charge in [0.1, 0.15) is 6.10 Å². The van der Waals surface area contributed by atoms with Crippen molar-refractivity contribution in [3.8, 4) is 0 Å². The first-order chi connectivity index (χ1) is 8.31. The number of likely N-dealkylation sites (tertiary alicyclic amines) is 1. The number of hydrogen-bond acceptors (Lipinski definition) is 3. The molecule has 0 aliphatic carbocycles. The average Bonchev–Trinajstić information content (AvgIpc) is 2.76. The number of carbonyl (C=O) groups excluding carboxylic acids is 1. The van der Waals surface area contributed by atoms with Crippen LogP contribution in [-0.2, 0) is 9.53 Å². The number of carbonyl (C=O) groups is 1. The third-order valence-corrected chi connectivity index (χ3v) is 3.81. The van der Waals surface area contributed by atoms with Gasteiger partial charge in [-0.05, 0) is 25.7 Å². The van der Waals surface area contributed by atoms with Gasteiger partial charge in [-0.2, -0.15) is 0 Å². The Morgan fingerprint density at radius 2 is 1.76 bits per heavy atom. The summed E-state index contributed by atoms with van der Waals surface area (Å²) in [5.74, 6) is 0.197. The Morgan fingerprint density at radius 1 is 1.12 bits per heavy atom. The van der Waals surface area contributed by atoms with Crippen LogP contribution in [-0.4, -0.2) is 42.6 Å². The Labute approximate surface area is 103 Å². The van der Waals surface area contributed by atoms with Crippen LogP contribution in [0.2, 0.25) is 0 Å². The molecule has 2 unspecified atom stereocenters. The van der Waals surface area contributed by atoms with Gasteiger partial charge in [0.25, 0.3) is 5.91 Å². The molecule has 0 saturated carbocycles. The smallest absolute Gasteiger partial charge is 0.251 e. The second kappa shape index (κ2) is 6.36. The zero-order chi connectivity index (χ0) is 12.1. The van der Waals surface area contributed by atoms with Crippen LogP contribution in [0.1, 0.15) is 44.9 Å². The first kappa shape index (κ1) is 12.8. The summed E-state index contributed by atoms with van der Waals surface area (Å²) in [6.45, 7) is 2.35. The van der Waals surface area contributed by atoms with E-state index >= 15 is 0 Å². The molecule has 0 bridgehead atoms. The highest BCUT2D eigenvalue weighted by Gasteiger charge is 2.32. The zero-order valence-corrected chi connectivity index (χ0v) is 10.6. The fourth-order valence-corrected chi connectivity index (χ4v) is 2.73. The lowest BCUT2D eigenvalue weighted by Gasteiger charge is -2.27. The molecule has 0 aromatic carbocycles. The van der Waals surface area contributed by atoms with Crippen LogP contribution >= 0.6 is 0 Å². The molecule has 4 nitrogen and oxygen atoms in total. The Hall–Kier alpha value is -0.610. The second-order valence-corrected chi connectivity index (χ2v) is 5.15. The quantitative estimate of drug-likeness (QED) is 0.791. The molecule has 4 heteroatoms. The number of rotatable bonds is 2. The van der Waals surface area contributed by atoms with Gasteiger partial charge in [-0.25, -0.2) is 0 Å². The zero-order valence-electron chi connectivity index (χ0n) is 10.6. The molecule has 2 heterocycles. The van der Waals surface area contributed by atoms with Gasteiger partial charge in [0.15, 0.2) is 0 Å². The van der Waals surface area contributed by atoms with Crippen LogP contribution in [0.15, 0.2) is 0 Å². The third kappa shape index (κ3) is 3.42. The topological polar surface area (TPSA) is 55.6 Å². The summed E-state index contributed by atoms with van der Waals surface area (Å²) in [7, 11) is 0. The van der Waals surface area contributed by atoms with Crippen LogP contribution in [0, 0.1) is 0 Å². The van der Waals surface area contributed by atoms with Crippen LogP contribution in [0.3, 0.4) is 0 Å².